The van der Waals surface area contributed by atoms with Gasteiger partial charge in [-0.05, 0) is 43.4 Å². The Morgan fingerprint density at radius 1 is 1.00 bits per heavy atom. The summed E-state index contributed by atoms with van der Waals surface area (Å²) in [5.41, 5.74) is 1.38. The quantitative estimate of drug-likeness (QED) is 0.789. The van der Waals surface area contributed by atoms with Gasteiger partial charge in [0.15, 0.2) is 0 Å². The summed E-state index contributed by atoms with van der Waals surface area (Å²) in [4.78, 5) is 14.5. The normalized spacial score (nSPS) is 20.0. The highest BCUT2D eigenvalue weighted by molar-refractivity contribution is 7.88. The highest BCUT2D eigenvalue weighted by atomic mass is 32.2. The zero-order chi connectivity index (χ0) is 18.6. The van der Waals surface area contributed by atoms with Gasteiger partial charge in [-0.1, -0.05) is 37.8 Å². The fourth-order valence-electron chi connectivity index (χ4n) is 4.03. The van der Waals surface area contributed by atoms with Crippen molar-refractivity contribution in [3.8, 4) is 0 Å². The van der Waals surface area contributed by atoms with Crippen LogP contribution in [0, 0.1) is 0 Å². The maximum absolute atomic E-state index is 12.7. The van der Waals surface area contributed by atoms with Crippen LogP contribution in [0.4, 0.5) is 0 Å². The molecule has 2 aliphatic rings. The number of hydrogen-bond donors (Lipinski definition) is 0. The summed E-state index contributed by atoms with van der Waals surface area (Å²) in [6.07, 6.45) is 8.80. The average Bonchev–Trinajstić information content (AvgIpc) is 2.68. The van der Waals surface area contributed by atoms with Crippen molar-refractivity contribution in [3.63, 3.8) is 0 Å². The molecular formula is C20H30N2O3S. The first-order valence-electron chi connectivity index (χ1n) is 9.81. The van der Waals surface area contributed by atoms with E-state index in [1.807, 2.05) is 11.9 Å². The Kier molecular flexibility index (Phi) is 6.35. The van der Waals surface area contributed by atoms with E-state index in [-0.39, 0.29) is 11.7 Å². The van der Waals surface area contributed by atoms with Crippen LogP contribution in [0.2, 0.25) is 0 Å². The summed E-state index contributed by atoms with van der Waals surface area (Å²) >= 11 is 0. The Labute approximate surface area is 157 Å². The van der Waals surface area contributed by atoms with E-state index in [9.17, 15) is 13.2 Å². The van der Waals surface area contributed by atoms with Crippen molar-refractivity contribution in [2.75, 3.05) is 20.1 Å². The third kappa shape index (κ3) is 4.65. The molecule has 0 spiro atoms. The van der Waals surface area contributed by atoms with Gasteiger partial charge in [0, 0.05) is 31.7 Å². The maximum atomic E-state index is 12.7. The van der Waals surface area contributed by atoms with E-state index in [0.717, 1.165) is 37.7 Å². The minimum atomic E-state index is -3.26. The van der Waals surface area contributed by atoms with E-state index in [2.05, 4.69) is 0 Å². The molecule has 1 amide bonds. The van der Waals surface area contributed by atoms with E-state index in [0.29, 0.717) is 24.7 Å². The van der Waals surface area contributed by atoms with Crippen molar-refractivity contribution in [2.24, 2.45) is 0 Å². The van der Waals surface area contributed by atoms with Crippen LogP contribution in [0.15, 0.2) is 24.3 Å². The van der Waals surface area contributed by atoms with Crippen molar-refractivity contribution in [1.29, 1.82) is 0 Å². The standard InChI is InChI=1S/C20H30N2O3S/c1-21(19-8-4-2-5-9-19)20(23)18-12-10-17(11-13-18)16-26(24,25)22-14-6-3-7-15-22/h10-13,19H,2-9,14-16H2,1H3. The molecule has 26 heavy (non-hydrogen) atoms. The van der Waals surface area contributed by atoms with E-state index in [4.69, 9.17) is 0 Å². The van der Waals surface area contributed by atoms with Crippen molar-refractivity contribution in [1.82, 2.24) is 9.21 Å². The molecule has 1 aliphatic heterocycles. The molecule has 1 aromatic rings. The zero-order valence-corrected chi connectivity index (χ0v) is 16.5. The lowest BCUT2D eigenvalue weighted by Gasteiger charge is -2.31. The number of carbonyl (C=O) groups is 1. The first-order chi connectivity index (χ1) is 12.5. The first-order valence-corrected chi connectivity index (χ1v) is 11.4. The van der Waals surface area contributed by atoms with Crippen LogP contribution in [-0.4, -0.2) is 49.7 Å². The van der Waals surface area contributed by atoms with Gasteiger partial charge in [0.25, 0.3) is 5.91 Å². The van der Waals surface area contributed by atoms with E-state index >= 15 is 0 Å². The summed E-state index contributed by atoms with van der Waals surface area (Å²) < 4.78 is 26.7. The van der Waals surface area contributed by atoms with Crippen molar-refractivity contribution < 1.29 is 13.2 Å². The number of nitrogens with zero attached hydrogens (tertiary/aromatic N) is 2. The van der Waals surface area contributed by atoms with Gasteiger partial charge in [-0.2, -0.15) is 0 Å². The summed E-state index contributed by atoms with van der Waals surface area (Å²) in [7, 11) is -1.38. The lowest BCUT2D eigenvalue weighted by atomic mass is 9.94. The van der Waals surface area contributed by atoms with Crippen LogP contribution in [0.5, 0.6) is 0 Å². The Bertz CT molecular complexity index is 703. The number of rotatable bonds is 5. The average molecular weight is 379 g/mol. The molecule has 0 aromatic heterocycles. The summed E-state index contributed by atoms with van der Waals surface area (Å²) in [5, 5.41) is 0. The van der Waals surface area contributed by atoms with Crippen molar-refractivity contribution >= 4 is 15.9 Å². The van der Waals surface area contributed by atoms with Crippen LogP contribution < -0.4 is 0 Å². The molecule has 1 heterocycles. The molecule has 0 atom stereocenters. The predicted octanol–water partition coefficient (Wildman–Crippen LogP) is 3.41. The highest BCUT2D eigenvalue weighted by Crippen LogP contribution is 2.23. The first kappa shape index (κ1) is 19.4. The summed E-state index contributed by atoms with van der Waals surface area (Å²) in [6.45, 7) is 1.26. The SMILES string of the molecule is CN(C(=O)c1ccc(CS(=O)(=O)N2CCCCC2)cc1)C1CCCCC1. The van der Waals surface area contributed by atoms with E-state index < -0.39 is 10.0 Å². The predicted molar refractivity (Wildman–Crippen MR) is 103 cm³/mol. The Morgan fingerprint density at radius 2 is 1.58 bits per heavy atom. The highest BCUT2D eigenvalue weighted by Gasteiger charge is 2.25. The van der Waals surface area contributed by atoms with Gasteiger partial charge in [0.2, 0.25) is 10.0 Å². The zero-order valence-electron chi connectivity index (χ0n) is 15.7. The van der Waals surface area contributed by atoms with Crippen LogP contribution in [0.3, 0.4) is 0 Å². The molecule has 1 aromatic carbocycles. The Hall–Kier alpha value is -1.40. The number of hydrogen-bond acceptors (Lipinski definition) is 3. The van der Waals surface area contributed by atoms with Gasteiger partial charge in [0.1, 0.15) is 0 Å². The smallest absolute Gasteiger partial charge is 0.253 e. The van der Waals surface area contributed by atoms with Gasteiger partial charge >= 0.3 is 0 Å². The molecule has 1 aliphatic carbocycles. The lowest BCUT2D eigenvalue weighted by Crippen LogP contribution is -2.38. The van der Waals surface area contributed by atoms with Gasteiger partial charge < -0.3 is 4.90 Å². The van der Waals surface area contributed by atoms with E-state index in [1.165, 1.54) is 19.3 Å². The van der Waals surface area contributed by atoms with Crippen LogP contribution in [-0.2, 0) is 15.8 Å². The molecule has 1 saturated heterocycles. The van der Waals surface area contributed by atoms with Crippen molar-refractivity contribution in [3.05, 3.63) is 35.4 Å². The second-order valence-corrected chi connectivity index (χ2v) is 9.59. The molecule has 0 unspecified atom stereocenters. The number of amides is 1. The third-order valence-corrected chi connectivity index (χ3v) is 7.55. The second-order valence-electron chi connectivity index (χ2n) is 7.62. The number of benzene rings is 1. The molecule has 6 heteroatoms. The minimum absolute atomic E-state index is 0.0138. The molecular weight excluding hydrogens is 348 g/mol. The molecule has 0 bridgehead atoms. The minimum Gasteiger partial charge on any atom is -0.339 e. The fraction of sp³-hybridized carbons (Fsp3) is 0.650. The van der Waals surface area contributed by atoms with Crippen LogP contribution in [0.1, 0.15) is 67.3 Å². The Morgan fingerprint density at radius 3 is 2.19 bits per heavy atom. The monoisotopic (exact) mass is 378 g/mol. The van der Waals surface area contributed by atoms with E-state index in [1.54, 1.807) is 28.6 Å². The maximum Gasteiger partial charge on any atom is 0.253 e. The Balaban J connectivity index is 1.63. The van der Waals surface area contributed by atoms with Gasteiger partial charge in [-0.15, -0.1) is 0 Å². The third-order valence-electron chi connectivity index (χ3n) is 5.70. The fourth-order valence-corrected chi connectivity index (χ4v) is 5.64. The molecule has 0 radical (unpaired) electrons. The molecule has 0 N–H and O–H groups in total. The van der Waals surface area contributed by atoms with Gasteiger partial charge in [-0.3, -0.25) is 4.79 Å². The number of piperidine rings is 1. The largest absolute Gasteiger partial charge is 0.339 e. The van der Waals surface area contributed by atoms with Crippen LogP contribution in [0.25, 0.3) is 0 Å². The van der Waals surface area contributed by atoms with Crippen LogP contribution >= 0.6 is 0 Å². The van der Waals surface area contributed by atoms with Gasteiger partial charge in [0.05, 0.1) is 5.75 Å². The topological polar surface area (TPSA) is 57.7 Å². The number of sulfonamides is 1. The lowest BCUT2D eigenvalue weighted by molar-refractivity contribution is 0.0696. The second kappa shape index (κ2) is 8.53. The summed E-state index contributed by atoms with van der Waals surface area (Å²) in [6, 6.07) is 7.42. The molecule has 1 saturated carbocycles. The van der Waals surface area contributed by atoms with Crippen molar-refractivity contribution in [2.45, 2.75) is 63.2 Å². The molecule has 2 fully saturated rings. The molecule has 5 nitrogen and oxygen atoms in total. The molecule has 144 valence electrons. The molecule has 3 rings (SSSR count). The summed E-state index contributed by atoms with van der Waals surface area (Å²) in [5.74, 6) is 0.0438. The van der Waals surface area contributed by atoms with Gasteiger partial charge in [-0.25, -0.2) is 12.7 Å². The number of carbonyl (C=O) groups excluding carboxylic acids is 1.